The van der Waals surface area contributed by atoms with E-state index in [4.69, 9.17) is 4.74 Å². The fourth-order valence-electron chi connectivity index (χ4n) is 3.31. The maximum Gasteiger partial charge on any atom is 0.410 e. The average molecular weight is 293 g/mol. The third-order valence-electron chi connectivity index (χ3n) is 4.46. The van der Waals surface area contributed by atoms with E-state index in [1.54, 1.807) is 11.0 Å². The summed E-state index contributed by atoms with van der Waals surface area (Å²) in [5, 5.41) is 0. The van der Waals surface area contributed by atoms with Gasteiger partial charge in [-0.2, -0.15) is 0 Å². The van der Waals surface area contributed by atoms with Gasteiger partial charge in [0.05, 0.1) is 0 Å². The van der Waals surface area contributed by atoms with Crippen LogP contribution < -0.4 is 0 Å². The molecule has 1 saturated heterocycles. The molecule has 1 heterocycles. The molecule has 2 aliphatic rings. The van der Waals surface area contributed by atoms with E-state index in [0.29, 0.717) is 13.1 Å². The van der Waals surface area contributed by atoms with Crippen molar-refractivity contribution in [2.45, 2.75) is 59.5 Å². The molecule has 0 radical (unpaired) electrons. The first-order chi connectivity index (χ1) is 9.53. The molecule has 118 valence electrons. The molecule has 1 fully saturated rings. The van der Waals surface area contributed by atoms with Crippen molar-refractivity contribution in [2.75, 3.05) is 13.1 Å². The number of ether oxygens (including phenoxy) is 1. The Morgan fingerprint density at radius 3 is 2.29 bits per heavy atom. The van der Waals surface area contributed by atoms with Crippen LogP contribution in [0.3, 0.4) is 0 Å². The highest BCUT2D eigenvalue weighted by Crippen LogP contribution is 2.46. The fraction of sp³-hybridized carbons (Fsp3) is 0.765. The minimum Gasteiger partial charge on any atom is -0.444 e. The first kappa shape index (κ1) is 16.1. The van der Waals surface area contributed by atoms with E-state index < -0.39 is 5.60 Å². The lowest BCUT2D eigenvalue weighted by Gasteiger charge is -2.45. The molecule has 1 spiro atoms. The lowest BCUT2D eigenvalue weighted by atomic mass is 9.63. The van der Waals surface area contributed by atoms with Crippen molar-refractivity contribution in [3.63, 3.8) is 0 Å². The summed E-state index contributed by atoms with van der Waals surface area (Å²) in [7, 11) is 0. The van der Waals surface area contributed by atoms with Gasteiger partial charge in [-0.1, -0.05) is 19.9 Å². The van der Waals surface area contributed by atoms with Crippen molar-refractivity contribution in [1.82, 2.24) is 4.90 Å². The molecule has 0 aromatic heterocycles. The molecule has 0 unspecified atom stereocenters. The van der Waals surface area contributed by atoms with E-state index in [-0.39, 0.29) is 22.7 Å². The van der Waals surface area contributed by atoms with Crippen molar-refractivity contribution in [3.05, 3.63) is 12.2 Å². The minimum absolute atomic E-state index is 0.0654. The number of amides is 1. The Bertz CT molecular complexity index is 463. The molecule has 0 aromatic rings. The zero-order valence-corrected chi connectivity index (χ0v) is 13.9. The van der Waals surface area contributed by atoms with E-state index in [9.17, 15) is 9.59 Å². The highest BCUT2D eigenvalue weighted by molar-refractivity contribution is 5.95. The van der Waals surface area contributed by atoms with E-state index >= 15 is 0 Å². The van der Waals surface area contributed by atoms with Crippen molar-refractivity contribution >= 4 is 11.9 Å². The predicted octanol–water partition coefficient (Wildman–Crippen LogP) is 3.56. The molecule has 0 saturated carbocycles. The van der Waals surface area contributed by atoms with Gasteiger partial charge in [-0.25, -0.2) is 4.79 Å². The monoisotopic (exact) mass is 293 g/mol. The molecule has 0 aromatic carbocycles. The van der Waals surface area contributed by atoms with Gasteiger partial charge in [0.25, 0.3) is 0 Å². The molecule has 2 rings (SSSR count). The minimum atomic E-state index is -0.453. The quantitative estimate of drug-likeness (QED) is 0.686. The molecule has 0 bridgehead atoms. The number of hydrogen-bond acceptors (Lipinski definition) is 3. The third-order valence-corrected chi connectivity index (χ3v) is 4.46. The summed E-state index contributed by atoms with van der Waals surface area (Å²) < 4.78 is 5.43. The number of ketones is 1. The van der Waals surface area contributed by atoms with Crippen LogP contribution in [0.5, 0.6) is 0 Å². The Balaban J connectivity index is 1.99. The number of allylic oxidation sites excluding steroid dienone is 2. The average Bonchev–Trinajstić information content (AvgIpc) is 2.33. The maximum absolute atomic E-state index is 12.1. The highest BCUT2D eigenvalue weighted by atomic mass is 16.6. The summed E-state index contributed by atoms with van der Waals surface area (Å²) >= 11 is 0. The second kappa shape index (κ2) is 5.15. The largest absolute Gasteiger partial charge is 0.444 e. The molecule has 4 nitrogen and oxygen atoms in total. The van der Waals surface area contributed by atoms with Crippen LogP contribution in [-0.2, 0) is 9.53 Å². The van der Waals surface area contributed by atoms with E-state index in [1.165, 1.54) is 0 Å². The molecule has 21 heavy (non-hydrogen) atoms. The summed E-state index contributed by atoms with van der Waals surface area (Å²) in [6.45, 7) is 11.1. The van der Waals surface area contributed by atoms with Crippen LogP contribution in [0.2, 0.25) is 0 Å². The summed E-state index contributed by atoms with van der Waals surface area (Å²) in [5.74, 6) is 0.211. The van der Waals surface area contributed by atoms with Crippen LogP contribution >= 0.6 is 0 Å². The van der Waals surface area contributed by atoms with E-state index in [2.05, 4.69) is 6.08 Å². The normalized spacial score (nSPS) is 24.2. The first-order valence-corrected chi connectivity index (χ1v) is 7.75. The summed E-state index contributed by atoms with van der Waals surface area (Å²) in [6, 6.07) is 0. The van der Waals surface area contributed by atoms with E-state index in [1.807, 2.05) is 34.6 Å². The predicted molar refractivity (Wildman–Crippen MR) is 82.0 cm³/mol. The topological polar surface area (TPSA) is 46.6 Å². The maximum atomic E-state index is 12.1. The highest BCUT2D eigenvalue weighted by Gasteiger charge is 2.43. The number of piperidine rings is 1. The smallest absolute Gasteiger partial charge is 0.410 e. The molecule has 1 aliphatic carbocycles. The fourth-order valence-corrected chi connectivity index (χ4v) is 3.31. The number of carbonyl (C=O) groups is 2. The van der Waals surface area contributed by atoms with Gasteiger partial charge in [0.15, 0.2) is 5.78 Å². The third kappa shape index (κ3) is 3.66. The standard InChI is InChI=1S/C17H27NO3/c1-15(2,3)21-14(20)18-10-8-17(9-11-18)7-6-13(19)16(4,5)12-17/h6-7H,8-12H2,1-5H3. The van der Waals surface area contributed by atoms with Crippen LogP contribution in [0.1, 0.15) is 53.9 Å². The Hall–Kier alpha value is -1.32. The number of likely N-dealkylation sites (tertiary alicyclic amines) is 1. The molecular weight excluding hydrogens is 266 g/mol. The Kier molecular flexibility index (Phi) is 3.94. The second-order valence-electron chi connectivity index (χ2n) is 8.09. The second-order valence-corrected chi connectivity index (χ2v) is 8.09. The van der Waals surface area contributed by atoms with Crippen molar-refractivity contribution < 1.29 is 14.3 Å². The van der Waals surface area contributed by atoms with Crippen LogP contribution in [-0.4, -0.2) is 35.5 Å². The van der Waals surface area contributed by atoms with Crippen LogP contribution in [0.4, 0.5) is 4.79 Å². The molecule has 1 amide bonds. The Morgan fingerprint density at radius 2 is 1.81 bits per heavy atom. The molecule has 1 aliphatic heterocycles. The van der Waals surface area contributed by atoms with Crippen LogP contribution in [0.15, 0.2) is 12.2 Å². The molecule has 0 atom stereocenters. The van der Waals surface area contributed by atoms with Gasteiger partial charge in [-0.15, -0.1) is 0 Å². The summed E-state index contributed by atoms with van der Waals surface area (Å²) in [5.41, 5.74) is -0.676. The van der Waals surface area contributed by atoms with Gasteiger partial charge in [-0.05, 0) is 51.5 Å². The summed E-state index contributed by atoms with van der Waals surface area (Å²) in [4.78, 5) is 25.8. The van der Waals surface area contributed by atoms with Crippen molar-refractivity contribution in [1.29, 1.82) is 0 Å². The van der Waals surface area contributed by atoms with Crippen LogP contribution in [0.25, 0.3) is 0 Å². The van der Waals surface area contributed by atoms with Gasteiger partial charge < -0.3 is 9.64 Å². The summed E-state index contributed by atoms with van der Waals surface area (Å²) in [6.07, 6.45) is 6.27. The van der Waals surface area contributed by atoms with Gasteiger partial charge >= 0.3 is 6.09 Å². The van der Waals surface area contributed by atoms with Crippen molar-refractivity contribution in [2.24, 2.45) is 10.8 Å². The first-order valence-electron chi connectivity index (χ1n) is 7.75. The van der Waals surface area contributed by atoms with Gasteiger partial charge in [0.2, 0.25) is 0 Å². The molecule has 0 N–H and O–H groups in total. The lowest BCUT2D eigenvalue weighted by molar-refractivity contribution is -0.125. The van der Waals surface area contributed by atoms with Gasteiger partial charge in [0.1, 0.15) is 5.60 Å². The Labute approximate surface area is 127 Å². The SMILES string of the molecule is CC(C)(C)OC(=O)N1CCC2(C=CC(=O)C(C)(C)C2)CC1. The number of hydrogen-bond donors (Lipinski definition) is 0. The lowest BCUT2D eigenvalue weighted by Crippen LogP contribution is -2.47. The zero-order chi connectivity index (χ0) is 15.9. The zero-order valence-electron chi connectivity index (χ0n) is 13.9. The molecular formula is C17H27NO3. The Morgan fingerprint density at radius 1 is 1.24 bits per heavy atom. The van der Waals surface area contributed by atoms with Gasteiger partial charge in [-0.3, -0.25) is 4.79 Å². The number of rotatable bonds is 0. The van der Waals surface area contributed by atoms with Gasteiger partial charge in [0, 0.05) is 18.5 Å². The van der Waals surface area contributed by atoms with E-state index in [0.717, 1.165) is 19.3 Å². The number of carbonyl (C=O) groups excluding carboxylic acids is 2. The molecule has 4 heteroatoms. The van der Waals surface area contributed by atoms with Crippen LogP contribution in [0, 0.1) is 10.8 Å². The number of nitrogens with zero attached hydrogens (tertiary/aromatic N) is 1. The van der Waals surface area contributed by atoms with Crippen molar-refractivity contribution in [3.8, 4) is 0 Å².